The Morgan fingerprint density at radius 1 is 1.19 bits per heavy atom. The quantitative estimate of drug-likeness (QED) is 0.774. The molecule has 1 saturated carbocycles. The summed E-state index contributed by atoms with van der Waals surface area (Å²) in [7, 11) is 1.73. The molecule has 1 N–H and O–H groups in total. The predicted octanol–water partition coefficient (Wildman–Crippen LogP) is 5.47. The number of hydrogen-bond donors (Lipinski definition) is 1. The lowest BCUT2D eigenvalue weighted by Crippen LogP contribution is -2.34. The second kappa shape index (κ2) is 6.29. The van der Waals surface area contributed by atoms with Gasteiger partial charge in [0.2, 0.25) is 0 Å². The Hall–Kier alpha value is -1.19. The summed E-state index contributed by atoms with van der Waals surface area (Å²) in [6.45, 7) is 0. The summed E-state index contributed by atoms with van der Waals surface area (Å²) < 4.78 is 6.37. The van der Waals surface area contributed by atoms with Crippen molar-refractivity contribution < 1.29 is 4.74 Å². The van der Waals surface area contributed by atoms with Gasteiger partial charge in [-0.3, -0.25) is 0 Å². The summed E-state index contributed by atoms with van der Waals surface area (Å²) in [6, 6.07) is 14.8. The van der Waals surface area contributed by atoms with Crippen LogP contribution in [-0.4, -0.2) is 13.2 Å². The van der Waals surface area contributed by atoms with Gasteiger partial charge in [0.25, 0.3) is 0 Å². The van der Waals surface area contributed by atoms with Gasteiger partial charge in [0, 0.05) is 16.2 Å². The van der Waals surface area contributed by atoms with Crippen LogP contribution in [0.3, 0.4) is 0 Å². The van der Waals surface area contributed by atoms with Crippen molar-refractivity contribution in [2.75, 3.05) is 12.4 Å². The van der Waals surface area contributed by atoms with Crippen LogP contribution in [0, 0.1) is 0 Å². The van der Waals surface area contributed by atoms with Crippen LogP contribution in [-0.2, 0) is 0 Å². The van der Waals surface area contributed by atoms with Crippen molar-refractivity contribution in [3.05, 3.63) is 57.5 Å². The standard InChI is InChI=1S/C17H17BrClNO/c1-21-17-5-3-2-4-14(17)11-8-13(9-11)20-12-6-7-15(18)16(19)10-12/h2-7,10-11,13,20H,8-9H2,1H3. The lowest BCUT2D eigenvalue weighted by molar-refractivity contribution is 0.350. The highest BCUT2D eigenvalue weighted by Crippen LogP contribution is 2.42. The summed E-state index contributed by atoms with van der Waals surface area (Å²) in [5.74, 6) is 1.57. The zero-order valence-corrected chi connectivity index (χ0v) is 14.1. The molecule has 4 heteroatoms. The fourth-order valence-corrected chi connectivity index (χ4v) is 3.24. The van der Waals surface area contributed by atoms with Gasteiger partial charge in [-0.2, -0.15) is 0 Å². The first kappa shape index (κ1) is 14.7. The van der Waals surface area contributed by atoms with E-state index in [2.05, 4.69) is 33.4 Å². The molecule has 0 heterocycles. The third kappa shape index (κ3) is 3.19. The van der Waals surface area contributed by atoms with Crippen molar-refractivity contribution in [3.63, 3.8) is 0 Å². The van der Waals surface area contributed by atoms with E-state index in [-0.39, 0.29) is 0 Å². The highest BCUT2D eigenvalue weighted by molar-refractivity contribution is 9.10. The number of rotatable bonds is 4. The van der Waals surface area contributed by atoms with Crippen LogP contribution in [0.5, 0.6) is 5.75 Å². The number of anilines is 1. The molecule has 0 radical (unpaired) electrons. The molecule has 0 bridgehead atoms. The molecule has 0 saturated heterocycles. The Bertz CT molecular complexity index is 640. The van der Waals surface area contributed by atoms with Gasteiger partial charge in [0.05, 0.1) is 12.1 Å². The minimum atomic E-state index is 0.497. The van der Waals surface area contributed by atoms with Crippen molar-refractivity contribution in [1.82, 2.24) is 0 Å². The second-order valence-electron chi connectivity index (χ2n) is 5.38. The van der Waals surface area contributed by atoms with Crippen molar-refractivity contribution in [2.24, 2.45) is 0 Å². The molecule has 2 aromatic carbocycles. The van der Waals surface area contributed by atoms with Crippen LogP contribution in [0.1, 0.15) is 24.3 Å². The Kier molecular flexibility index (Phi) is 4.41. The highest BCUT2D eigenvalue weighted by Gasteiger charge is 2.31. The monoisotopic (exact) mass is 365 g/mol. The number of hydrogen-bond acceptors (Lipinski definition) is 2. The maximum atomic E-state index is 6.12. The third-order valence-corrected chi connectivity index (χ3v) is 5.24. The van der Waals surface area contributed by atoms with Gasteiger partial charge in [-0.05, 0) is 64.5 Å². The van der Waals surface area contributed by atoms with E-state index < -0.39 is 0 Å². The Balaban J connectivity index is 1.62. The predicted molar refractivity (Wildman–Crippen MR) is 91.5 cm³/mol. The highest BCUT2D eigenvalue weighted by atomic mass is 79.9. The van der Waals surface area contributed by atoms with Gasteiger partial charge in [0.15, 0.2) is 0 Å². The van der Waals surface area contributed by atoms with E-state index in [1.54, 1.807) is 7.11 Å². The molecule has 0 atom stereocenters. The second-order valence-corrected chi connectivity index (χ2v) is 6.64. The maximum absolute atomic E-state index is 6.12. The molecule has 0 amide bonds. The molecule has 1 aliphatic carbocycles. The fourth-order valence-electron chi connectivity index (χ4n) is 2.81. The van der Waals surface area contributed by atoms with Crippen molar-refractivity contribution >= 4 is 33.2 Å². The molecule has 0 aromatic heterocycles. The number of para-hydroxylation sites is 1. The molecule has 2 aromatic rings. The first-order chi connectivity index (χ1) is 10.2. The summed E-state index contributed by atoms with van der Waals surface area (Å²) in [4.78, 5) is 0. The van der Waals surface area contributed by atoms with E-state index in [0.29, 0.717) is 12.0 Å². The van der Waals surface area contributed by atoms with E-state index in [0.717, 1.165) is 33.8 Å². The summed E-state index contributed by atoms with van der Waals surface area (Å²) in [5, 5.41) is 4.27. The normalized spacial score (nSPS) is 20.7. The van der Waals surface area contributed by atoms with E-state index in [1.165, 1.54) is 5.56 Å². The number of ether oxygens (including phenoxy) is 1. The van der Waals surface area contributed by atoms with Crippen LogP contribution < -0.4 is 10.1 Å². The maximum Gasteiger partial charge on any atom is 0.122 e. The van der Waals surface area contributed by atoms with Crippen LogP contribution in [0.2, 0.25) is 5.02 Å². The molecule has 2 nitrogen and oxygen atoms in total. The van der Waals surface area contributed by atoms with Gasteiger partial charge in [-0.25, -0.2) is 0 Å². The van der Waals surface area contributed by atoms with Gasteiger partial charge in [-0.15, -0.1) is 0 Å². The average molecular weight is 367 g/mol. The molecule has 110 valence electrons. The number of benzene rings is 2. The van der Waals surface area contributed by atoms with E-state index in [4.69, 9.17) is 16.3 Å². The minimum absolute atomic E-state index is 0.497. The molecule has 0 unspecified atom stereocenters. The van der Waals surface area contributed by atoms with Gasteiger partial charge in [-0.1, -0.05) is 29.8 Å². The van der Waals surface area contributed by atoms with Crippen LogP contribution >= 0.6 is 27.5 Å². The Morgan fingerprint density at radius 2 is 1.95 bits per heavy atom. The SMILES string of the molecule is COc1ccccc1C1CC(Nc2ccc(Br)c(Cl)c2)C1. The molecule has 21 heavy (non-hydrogen) atoms. The van der Waals surface area contributed by atoms with E-state index in [1.807, 2.05) is 30.3 Å². The zero-order valence-electron chi connectivity index (χ0n) is 11.8. The van der Waals surface area contributed by atoms with Gasteiger partial charge in [0.1, 0.15) is 5.75 Å². The number of halogens is 2. The minimum Gasteiger partial charge on any atom is -0.496 e. The summed E-state index contributed by atoms with van der Waals surface area (Å²) in [5.41, 5.74) is 2.39. The van der Waals surface area contributed by atoms with Crippen molar-refractivity contribution in [2.45, 2.75) is 24.8 Å². The molecule has 1 fully saturated rings. The zero-order chi connectivity index (χ0) is 14.8. The Morgan fingerprint density at radius 3 is 2.67 bits per heavy atom. The van der Waals surface area contributed by atoms with E-state index >= 15 is 0 Å². The van der Waals surface area contributed by atoms with Crippen LogP contribution in [0.4, 0.5) is 5.69 Å². The molecule has 3 rings (SSSR count). The smallest absolute Gasteiger partial charge is 0.122 e. The number of nitrogens with one attached hydrogen (secondary N) is 1. The molecular formula is C17H17BrClNO. The van der Waals surface area contributed by atoms with Gasteiger partial charge < -0.3 is 10.1 Å². The molecule has 1 aliphatic rings. The molecule has 0 spiro atoms. The summed E-state index contributed by atoms with van der Waals surface area (Å²) >= 11 is 9.53. The van der Waals surface area contributed by atoms with Crippen molar-refractivity contribution in [3.8, 4) is 5.75 Å². The molecular weight excluding hydrogens is 350 g/mol. The van der Waals surface area contributed by atoms with Crippen LogP contribution in [0.25, 0.3) is 0 Å². The van der Waals surface area contributed by atoms with Crippen molar-refractivity contribution in [1.29, 1.82) is 0 Å². The van der Waals surface area contributed by atoms with E-state index in [9.17, 15) is 0 Å². The topological polar surface area (TPSA) is 21.3 Å². The lowest BCUT2D eigenvalue weighted by Gasteiger charge is -2.37. The third-order valence-electron chi connectivity index (χ3n) is 4.01. The first-order valence-corrected chi connectivity index (χ1v) is 8.19. The number of methoxy groups -OCH3 is 1. The first-order valence-electron chi connectivity index (χ1n) is 7.02. The van der Waals surface area contributed by atoms with Gasteiger partial charge >= 0.3 is 0 Å². The largest absolute Gasteiger partial charge is 0.496 e. The lowest BCUT2D eigenvalue weighted by atomic mass is 9.75. The Labute approximate surface area is 138 Å². The fraction of sp³-hybridized carbons (Fsp3) is 0.294. The average Bonchev–Trinajstić information content (AvgIpc) is 2.46. The molecule has 0 aliphatic heterocycles. The summed E-state index contributed by atoms with van der Waals surface area (Å²) in [6.07, 6.45) is 2.24. The van der Waals surface area contributed by atoms with Crippen LogP contribution in [0.15, 0.2) is 46.9 Å².